The van der Waals surface area contributed by atoms with Gasteiger partial charge in [0.05, 0.1) is 0 Å². The Kier molecular flexibility index (Phi) is 3.45. The van der Waals surface area contributed by atoms with E-state index >= 15 is 0 Å². The summed E-state index contributed by atoms with van der Waals surface area (Å²) >= 11 is 0. The Morgan fingerprint density at radius 2 is 1.87 bits per heavy atom. The van der Waals surface area contributed by atoms with E-state index in [1.54, 1.807) is 0 Å². The Balaban J connectivity index is 1.88. The molecule has 2 nitrogen and oxygen atoms in total. The van der Waals surface area contributed by atoms with E-state index in [2.05, 4.69) is 19.2 Å². The van der Waals surface area contributed by atoms with E-state index in [1.807, 2.05) is 0 Å². The normalized spacial score (nSPS) is 34.5. The Morgan fingerprint density at radius 3 is 2.40 bits per heavy atom. The zero-order chi connectivity index (χ0) is 10.8. The highest BCUT2D eigenvalue weighted by molar-refractivity contribution is 5.84. The summed E-state index contributed by atoms with van der Waals surface area (Å²) < 4.78 is 0. The van der Waals surface area contributed by atoms with Crippen LogP contribution in [0.2, 0.25) is 0 Å². The standard InChI is InChI=1S/C13H23NO/c1-9-5-3-8-12(14-9)10(2)13(15)11-6-4-7-11/h9-12,14H,3-8H2,1-2H3. The first kappa shape index (κ1) is 11.1. The van der Waals surface area contributed by atoms with Gasteiger partial charge in [-0.3, -0.25) is 4.79 Å². The molecule has 0 bridgehead atoms. The van der Waals surface area contributed by atoms with Crippen LogP contribution in [-0.4, -0.2) is 17.9 Å². The molecule has 15 heavy (non-hydrogen) atoms. The van der Waals surface area contributed by atoms with Gasteiger partial charge in [0, 0.05) is 23.9 Å². The van der Waals surface area contributed by atoms with Crippen molar-refractivity contribution in [3.8, 4) is 0 Å². The minimum atomic E-state index is 0.234. The monoisotopic (exact) mass is 209 g/mol. The molecule has 0 radical (unpaired) electrons. The summed E-state index contributed by atoms with van der Waals surface area (Å²) in [4.78, 5) is 12.1. The first-order valence-corrected chi connectivity index (χ1v) is 6.48. The predicted octanol–water partition coefficient (Wildman–Crippen LogP) is 2.52. The van der Waals surface area contributed by atoms with Crippen LogP contribution < -0.4 is 5.32 Å². The van der Waals surface area contributed by atoms with Gasteiger partial charge < -0.3 is 5.32 Å². The molecule has 2 fully saturated rings. The maximum Gasteiger partial charge on any atom is 0.140 e. The first-order valence-electron chi connectivity index (χ1n) is 6.48. The molecule has 0 amide bonds. The molecule has 0 aromatic heterocycles. The van der Waals surface area contributed by atoms with Gasteiger partial charge in [-0.25, -0.2) is 0 Å². The third-order valence-corrected chi connectivity index (χ3v) is 4.21. The summed E-state index contributed by atoms with van der Waals surface area (Å²) in [5.74, 6) is 1.16. The highest BCUT2D eigenvalue weighted by Crippen LogP contribution is 2.31. The summed E-state index contributed by atoms with van der Waals surface area (Å²) in [6.45, 7) is 4.35. The molecule has 3 unspecified atom stereocenters. The second kappa shape index (κ2) is 4.65. The second-order valence-electron chi connectivity index (χ2n) is 5.42. The van der Waals surface area contributed by atoms with Crippen LogP contribution in [0.3, 0.4) is 0 Å². The summed E-state index contributed by atoms with van der Waals surface area (Å²) in [5, 5.41) is 3.58. The summed E-state index contributed by atoms with van der Waals surface area (Å²) in [6.07, 6.45) is 7.28. The number of nitrogens with one attached hydrogen (secondary N) is 1. The molecule has 1 saturated carbocycles. The highest BCUT2D eigenvalue weighted by atomic mass is 16.1. The maximum atomic E-state index is 12.1. The Morgan fingerprint density at radius 1 is 1.20 bits per heavy atom. The second-order valence-corrected chi connectivity index (χ2v) is 5.42. The van der Waals surface area contributed by atoms with Crippen LogP contribution in [0.5, 0.6) is 0 Å². The van der Waals surface area contributed by atoms with Gasteiger partial charge in [0.15, 0.2) is 0 Å². The van der Waals surface area contributed by atoms with E-state index in [-0.39, 0.29) is 5.92 Å². The number of Topliss-reactive ketones (excluding diaryl/α,β-unsaturated/α-hetero) is 1. The van der Waals surface area contributed by atoms with Crippen LogP contribution in [0.1, 0.15) is 52.4 Å². The van der Waals surface area contributed by atoms with Crippen molar-refractivity contribution in [3.63, 3.8) is 0 Å². The number of hydrogen-bond donors (Lipinski definition) is 1. The minimum Gasteiger partial charge on any atom is -0.311 e. The van der Waals surface area contributed by atoms with Crippen LogP contribution in [0.4, 0.5) is 0 Å². The first-order chi connectivity index (χ1) is 7.18. The number of hydrogen-bond acceptors (Lipinski definition) is 2. The van der Waals surface area contributed by atoms with Crippen LogP contribution in [0, 0.1) is 11.8 Å². The zero-order valence-electron chi connectivity index (χ0n) is 9.96. The van der Waals surface area contributed by atoms with Crippen molar-refractivity contribution in [2.24, 2.45) is 11.8 Å². The lowest BCUT2D eigenvalue weighted by molar-refractivity contribution is -0.129. The number of piperidine rings is 1. The van der Waals surface area contributed by atoms with E-state index in [4.69, 9.17) is 0 Å². The average molecular weight is 209 g/mol. The molecule has 1 aliphatic heterocycles. The number of rotatable bonds is 3. The molecular weight excluding hydrogens is 186 g/mol. The molecule has 3 atom stereocenters. The van der Waals surface area contributed by atoms with E-state index in [0.29, 0.717) is 23.8 Å². The lowest BCUT2D eigenvalue weighted by Crippen LogP contribution is -2.48. The third kappa shape index (κ3) is 2.41. The van der Waals surface area contributed by atoms with Crippen LogP contribution in [-0.2, 0) is 4.79 Å². The Bertz CT molecular complexity index is 235. The zero-order valence-corrected chi connectivity index (χ0v) is 9.96. The molecule has 0 spiro atoms. The summed E-state index contributed by atoms with van der Waals surface area (Å²) in [5.41, 5.74) is 0. The molecule has 1 heterocycles. The van der Waals surface area contributed by atoms with E-state index in [9.17, 15) is 4.79 Å². The van der Waals surface area contributed by atoms with Gasteiger partial charge in [-0.05, 0) is 32.6 Å². The fourth-order valence-corrected chi connectivity index (χ4v) is 2.83. The lowest BCUT2D eigenvalue weighted by Gasteiger charge is -2.35. The van der Waals surface area contributed by atoms with Crippen LogP contribution >= 0.6 is 0 Å². The van der Waals surface area contributed by atoms with Crippen molar-refractivity contribution < 1.29 is 4.79 Å². The van der Waals surface area contributed by atoms with Crippen LogP contribution in [0.25, 0.3) is 0 Å². The van der Waals surface area contributed by atoms with Crippen molar-refractivity contribution in [3.05, 3.63) is 0 Å². The smallest absolute Gasteiger partial charge is 0.140 e. The minimum absolute atomic E-state index is 0.234. The number of carbonyl (C=O) groups is 1. The molecule has 2 aliphatic rings. The fraction of sp³-hybridized carbons (Fsp3) is 0.923. The van der Waals surface area contributed by atoms with Gasteiger partial charge in [-0.15, -0.1) is 0 Å². The topological polar surface area (TPSA) is 29.1 Å². The van der Waals surface area contributed by atoms with Gasteiger partial charge in [0.25, 0.3) is 0 Å². The summed E-state index contributed by atoms with van der Waals surface area (Å²) in [6, 6.07) is 1.04. The van der Waals surface area contributed by atoms with Gasteiger partial charge in [-0.2, -0.15) is 0 Å². The van der Waals surface area contributed by atoms with Gasteiger partial charge in [0.1, 0.15) is 5.78 Å². The molecule has 2 rings (SSSR count). The third-order valence-electron chi connectivity index (χ3n) is 4.21. The highest BCUT2D eigenvalue weighted by Gasteiger charge is 2.34. The largest absolute Gasteiger partial charge is 0.311 e. The molecule has 0 aromatic carbocycles. The maximum absolute atomic E-state index is 12.1. The fourth-order valence-electron chi connectivity index (χ4n) is 2.83. The van der Waals surface area contributed by atoms with E-state index < -0.39 is 0 Å². The Labute approximate surface area is 92.8 Å². The molecule has 1 saturated heterocycles. The number of ketones is 1. The van der Waals surface area contributed by atoms with Gasteiger partial charge in [0.2, 0.25) is 0 Å². The molecule has 86 valence electrons. The van der Waals surface area contributed by atoms with Crippen LogP contribution in [0.15, 0.2) is 0 Å². The van der Waals surface area contributed by atoms with Gasteiger partial charge >= 0.3 is 0 Å². The average Bonchev–Trinajstić information content (AvgIpc) is 2.14. The van der Waals surface area contributed by atoms with Crippen molar-refractivity contribution in [1.29, 1.82) is 0 Å². The van der Waals surface area contributed by atoms with E-state index in [0.717, 1.165) is 12.8 Å². The van der Waals surface area contributed by atoms with Crippen molar-refractivity contribution >= 4 is 5.78 Å². The molecular formula is C13H23NO. The molecule has 1 N–H and O–H groups in total. The summed E-state index contributed by atoms with van der Waals surface area (Å²) in [7, 11) is 0. The van der Waals surface area contributed by atoms with Crippen molar-refractivity contribution in [2.45, 2.75) is 64.5 Å². The molecule has 1 aliphatic carbocycles. The van der Waals surface area contributed by atoms with E-state index in [1.165, 1.54) is 25.7 Å². The molecule has 0 aromatic rings. The van der Waals surface area contributed by atoms with Gasteiger partial charge in [-0.1, -0.05) is 19.8 Å². The van der Waals surface area contributed by atoms with Crippen molar-refractivity contribution in [2.75, 3.05) is 0 Å². The lowest BCUT2D eigenvalue weighted by atomic mass is 9.75. The SMILES string of the molecule is CC1CCCC(C(C)C(=O)C2CCC2)N1. The number of carbonyl (C=O) groups excluding carboxylic acids is 1. The Hall–Kier alpha value is -0.370. The molecule has 2 heteroatoms. The quantitative estimate of drug-likeness (QED) is 0.774. The van der Waals surface area contributed by atoms with Crippen molar-refractivity contribution in [1.82, 2.24) is 5.32 Å². The predicted molar refractivity (Wildman–Crippen MR) is 61.7 cm³/mol.